The number of rotatable bonds is 7. The summed E-state index contributed by atoms with van der Waals surface area (Å²) in [6.07, 6.45) is 3.78. The standard InChI is InChI=1S/C13H22N6O3S/c1-17(10-5-7-11(8-6-10)19(21)22)12(20)4-3-9-23-13-14-15-16-18(13)2/h10-11H,3-9H2,1-2H3. The van der Waals surface area contributed by atoms with Gasteiger partial charge in [-0.1, -0.05) is 11.8 Å². The van der Waals surface area contributed by atoms with Crippen molar-refractivity contribution < 1.29 is 9.72 Å². The Balaban J connectivity index is 1.67. The van der Waals surface area contributed by atoms with Gasteiger partial charge in [-0.25, -0.2) is 4.68 Å². The number of tetrazole rings is 1. The molecule has 1 aliphatic rings. The third-order valence-corrected chi connectivity index (χ3v) is 5.35. The molecule has 0 bridgehead atoms. The lowest BCUT2D eigenvalue weighted by Crippen LogP contribution is -2.41. The molecule has 1 aromatic rings. The Kier molecular flexibility index (Phi) is 6.31. The molecule has 0 aliphatic heterocycles. The van der Waals surface area contributed by atoms with Crippen LogP contribution in [0.25, 0.3) is 0 Å². The van der Waals surface area contributed by atoms with E-state index in [1.807, 2.05) is 0 Å². The summed E-state index contributed by atoms with van der Waals surface area (Å²) >= 11 is 1.53. The minimum absolute atomic E-state index is 0.103. The molecular weight excluding hydrogens is 320 g/mol. The highest BCUT2D eigenvalue weighted by molar-refractivity contribution is 7.99. The highest BCUT2D eigenvalue weighted by Gasteiger charge is 2.31. The van der Waals surface area contributed by atoms with Crippen molar-refractivity contribution in [1.29, 1.82) is 0 Å². The van der Waals surface area contributed by atoms with Gasteiger partial charge in [-0.2, -0.15) is 0 Å². The number of hydrogen-bond donors (Lipinski definition) is 0. The average Bonchev–Trinajstić information content (AvgIpc) is 2.96. The van der Waals surface area contributed by atoms with Crippen LogP contribution in [0.4, 0.5) is 0 Å². The first kappa shape index (κ1) is 17.6. The summed E-state index contributed by atoms with van der Waals surface area (Å²) in [5.41, 5.74) is 0. The normalized spacial score (nSPS) is 21.1. The predicted molar refractivity (Wildman–Crippen MR) is 84.6 cm³/mol. The van der Waals surface area contributed by atoms with E-state index in [4.69, 9.17) is 0 Å². The summed E-state index contributed by atoms with van der Waals surface area (Å²) in [7, 11) is 3.59. The van der Waals surface area contributed by atoms with E-state index < -0.39 is 6.04 Å². The van der Waals surface area contributed by atoms with Crippen LogP contribution in [0.2, 0.25) is 0 Å². The molecule has 128 valence electrons. The minimum atomic E-state index is -0.439. The predicted octanol–water partition coefficient (Wildman–Crippen LogP) is 1.13. The van der Waals surface area contributed by atoms with E-state index in [1.54, 1.807) is 23.7 Å². The van der Waals surface area contributed by atoms with Crippen LogP contribution >= 0.6 is 11.8 Å². The SMILES string of the molecule is CN(C(=O)CCCSc1nnnn1C)C1CCC([N+](=O)[O-])CC1. The third-order valence-electron chi connectivity index (χ3n) is 4.25. The zero-order valence-corrected chi connectivity index (χ0v) is 14.2. The van der Waals surface area contributed by atoms with Crippen molar-refractivity contribution in [2.24, 2.45) is 7.05 Å². The highest BCUT2D eigenvalue weighted by Crippen LogP contribution is 2.24. The smallest absolute Gasteiger partial charge is 0.222 e. The van der Waals surface area contributed by atoms with Gasteiger partial charge in [0.1, 0.15) is 0 Å². The van der Waals surface area contributed by atoms with E-state index >= 15 is 0 Å². The molecule has 0 unspecified atom stereocenters. The van der Waals surface area contributed by atoms with Gasteiger partial charge in [0, 0.05) is 50.1 Å². The van der Waals surface area contributed by atoms with Crippen molar-refractivity contribution in [2.45, 2.75) is 55.8 Å². The number of aromatic nitrogens is 4. The fourth-order valence-corrected chi connectivity index (χ4v) is 3.56. The van der Waals surface area contributed by atoms with Crippen molar-refractivity contribution in [1.82, 2.24) is 25.1 Å². The van der Waals surface area contributed by atoms with Crippen LogP contribution in [-0.2, 0) is 11.8 Å². The maximum absolute atomic E-state index is 12.2. The zero-order chi connectivity index (χ0) is 16.8. The van der Waals surface area contributed by atoms with Gasteiger partial charge < -0.3 is 4.90 Å². The second-order valence-electron chi connectivity index (χ2n) is 5.79. The third kappa shape index (κ3) is 4.88. The van der Waals surface area contributed by atoms with Gasteiger partial charge in [-0.3, -0.25) is 14.9 Å². The number of carbonyl (C=O) groups is 1. The fraction of sp³-hybridized carbons (Fsp3) is 0.846. The Bertz CT molecular complexity index is 544. The van der Waals surface area contributed by atoms with Crippen LogP contribution in [0.3, 0.4) is 0 Å². The summed E-state index contributed by atoms with van der Waals surface area (Å²) in [6, 6.07) is -0.305. The monoisotopic (exact) mass is 342 g/mol. The minimum Gasteiger partial charge on any atom is -0.343 e. The first-order chi connectivity index (χ1) is 11.0. The number of amides is 1. The van der Waals surface area contributed by atoms with E-state index in [9.17, 15) is 14.9 Å². The second-order valence-corrected chi connectivity index (χ2v) is 6.85. The molecule has 0 saturated heterocycles. The molecule has 0 N–H and O–H groups in total. The van der Waals surface area contributed by atoms with Gasteiger partial charge in [0.15, 0.2) is 0 Å². The molecule has 9 nitrogen and oxygen atoms in total. The average molecular weight is 342 g/mol. The zero-order valence-electron chi connectivity index (χ0n) is 13.4. The summed E-state index contributed by atoms with van der Waals surface area (Å²) in [5.74, 6) is 0.883. The number of nitrogens with zero attached hydrogens (tertiary/aromatic N) is 6. The Hall–Kier alpha value is -1.71. The first-order valence-electron chi connectivity index (χ1n) is 7.73. The van der Waals surface area contributed by atoms with Gasteiger partial charge >= 0.3 is 0 Å². The van der Waals surface area contributed by atoms with Crippen LogP contribution < -0.4 is 0 Å². The number of carbonyl (C=O) groups excluding carboxylic acids is 1. The Morgan fingerprint density at radius 1 is 1.43 bits per heavy atom. The molecule has 1 aromatic heterocycles. The van der Waals surface area contributed by atoms with Gasteiger partial charge in [0.2, 0.25) is 17.1 Å². The van der Waals surface area contributed by atoms with Gasteiger partial charge in [0.25, 0.3) is 0 Å². The summed E-state index contributed by atoms with van der Waals surface area (Å²) in [5, 5.41) is 22.7. The van der Waals surface area contributed by atoms with Crippen LogP contribution in [0.15, 0.2) is 5.16 Å². The molecule has 10 heteroatoms. The van der Waals surface area contributed by atoms with Crippen molar-refractivity contribution in [3.63, 3.8) is 0 Å². The van der Waals surface area contributed by atoms with Crippen LogP contribution in [0.5, 0.6) is 0 Å². The van der Waals surface area contributed by atoms with Crippen LogP contribution in [-0.4, -0.2) is 60.8 Å². The first-order valence-corrected chi connectivity index (χ1v) is 8.72. The molecule has 23 heavy (non-hydrogen) atoms. The number of nitro groups is 1. The van der Waals surface area contributed by atoms with Crippen molar-refractivity contribution in [3.8, 4) is 0 Å². The van der Waals surface area contributed by atoms with E-state index in [2.05, 4.69) is 15.5 Å². The summed E-state index contributed by atoms with van der Waals surface area (Å²) in [4.78, 5) is 24.6. The molecule has 0 aromatic carbocycles. The van der Waals surface area contributed by atoms with Crippen LogP contribution in [0.1, 0.15) is 38.5 Å². The highest BCUT2D eigenvalue weighted by atomic mass is 32.2. The maximum Gasteiger partial charge on any atom is 0.222 e. The van der Waals surface area contributed by atoms with E-state index in [0.29, 0.717) is 32.1 Å². The number of aryl methyl sites for hydroxylation is 1. The van der Waals surface area contributed by atoms with Gasteiger partial charge in [-0.15, -0.1) is 5.10 Å². The second kappa shape index (κ2) is 8.23. The molecule has 1 saturated carbocycles. The number of thioether (sulfide) groups is 1. The van der Waals surface area contributed by atoms with E-state index in [0.717, 1.165) is 17.3 Å². The van der Waals surface area contributed by atoms with Gasteiger partial charge in [0.05, 0.1) is 0 Å². The molecule has 0 atom stereocenters. The molecule has 2 rings (SSSR count). The largest absolute Gasteiger partial charge is 0.343 e. The van der Waals surface area contributed by atoms with Crippen molar-refractivity contribution >= 4 is 17.7 Å². The van der Waals surface area contributed by atoms with Crippen molar-refractivity contribution in [2.75, 3.05) is 12.8 Å². The van der Waals surface area contributed by atoms with Crippen LogP contribution in [0, 0.1) is 10.1 Å². The molecule has 0 radical (unpaired) electrons. The lowest BCUT2D eigenvalue weighted by Gasteiger charge is -2.32. The Morgan fingerprint density at radius 3 is 2.70 bits per heavy atom. The van der Waals surface area contributed by atoms with E-state index in [1.165, 1.54) is 11.8 Å². The molecule has 1 heterocycles. The molecular formula is C13H22N6O3S. The van der Waals surface area contributed by atoms with Gasteiger partial charge in [-0.05, 0) is 29.7 Å². The lowest BCUT2D eigenvalue weighted by atomic mass is 9.90. The molecule has 1 amide bonds. The maximum atomic E-state index is 12.2. The molecule has 1 fully saturated rings. The Labute approximate surface area is 138 Å². The Morgan fingerprint density at radius 2 is 2.13 bits per heavy atom. The lowest BCUT2D eigenvalue weighted by molar-refractivity contribution is -0.526. The summed E-state index contributed by atoms with van der Waals surface area (Å²) < 4.78 is 1.60. The van der Waals surface area contributed by atoms with E-state index in [-0.39, 0.29) is 16.9 Å². The quantitative estimate of drug-likeness (QED) is 0.316. The topological polar surface area (TPSA) is 107 Å². The fourth-order valence-electron chi connectivity index (χ4n) is 2.77. The van der Waals surface area contributed by atoms with Crippen molar-refractivity contribution in [3.05, 3.63) is 10.1 Å². The molecule has 1 aliphatic carbocycles. The summed E-state index contributed by atoms with van der Waals surface area (Å²) in [6.45, 7) is 0. The molecule has 0 spiro atoms. The number of hydrogen-bond acceptors (Lipinski definition) is 7.